The van der Waals surface area contributed by atoms with Gasteiger partial charge in [-0.15, -0.1) is 0 Å². The van der Waals surface area contributed by atoms with E-state index in [0.717, 1.165) is 5.56 Å². The first-order chi connectivity index (χ1) is 17.1. The van der Waals surface area contributed by atoms with Gasteiger partial charge in [0.2, 0.25) is 0 Å². The van der Waals surface area contributed by atoms with E-state index in [-0.39, 0.29) is 16.3 Å². The molecule has 2 N–H and O–H groups in total. The van der Waals surface area contributed by atoms with Crippen LogP contribution in [-0.2, 0) is 0 Å². The van der Waals surface area contributed by atoms with Gasteiger partial charge in [0.05, 0.1) is 19.9 Å². The number of hydrogen-bond donors (Lipinski definition) is 2. The molecule has 0 saturated heterocycles. The van der Waals surface area contributed by atoms with Gasteiger partial charge in [-0.25, -0.2) is 0 Å². The van der Waals surface area contributed by atoms with Crippen LogP contribution >= 0.6 is 47.8 Å². The van der Waals surface area contributed by atoms with Crippen molar-refractivity contribution >= 4 is 71.7 Å². The fraction of sp³-hybridized carbons (Fsp3) is 0. The Hall–Kier alpha value is -2.90. The Morgan fingerprint density at radius 3 is 1.56 bits per heavy atom. The van der Waals surface area contributed by atoms with Crippen molar-refractivity contribution in [2.75, 3.05) is 0 Å². The normalized spacial score (nSPS) is 9.69. The summed E-state index contributed by atoms with van der Waals surface area (Å²) in [4.78, 5) is 20.5. The van der Waals surface area contributed by atoms with Crippen LogP contribution in [0.5, 0.6) is 0 Å². The number of benzene rings is 4. The minimum atomic E-state index is -1.34. The Morgan fingerprint density at radius 2 is 1.11 bits per heavy atom. The first-order valence-electron chi connectivity index (χ1n) is 10.1. The molecule has 8 nitrogen and oxygen atoms in total. The largest absolute Gasteiger partial charge is 0.488 e. The summed E-state index contributed by atoms with van der Waals surface area (Å²) < 4.78 is 1.90. The van der Waals surface area contributed by atoms with E-state index in [1.54, 1.807) is 48.5 Å². The Kier molecular flexibility index (Phi) is 11.9. The topological polar surface area (TPSA) is 127 Å². The minimum absolute atomic E-state index is 0.0689. The number of nitrogens with zero attached hydrogens (tertiary/aromatic N) is 2. The molecule has 0 saturated carbocycles. The van der Waals surface area contributed by atoms with Crippen molar-refractivity contribution in [2.24, 2.45) is 0 Å². The molecule has 0 heterocycles. The Morgan fingerprint density at radius 1 is 0.639 bits per heavy atom. The van der Waals surface area contributed by atoms with E-state index in [0.29, 0.717) is 24.4 Å². The molecule has 0 bridgehead atoms. The van der Waals surface area contributed by atoms with Crippen LogP contribution in [0.1, 0.15) is 0 Å². The lowest BCUT2D eigenvalue weighted by Gasteiger charge is -2.03. The average Bonchev–Trinajstić information content (AvgIpc) is 2.87. The Balaban J connectivity index is 0.000000200. The summed E-state index contributed by atoms with van der Waals surface area (Å²) in [5, 5.41) is 38.4. The molecule has 0 aromatic heterocycles. The molecule has 0 aliphatic carbocycles. The fourth-order valence-electron chi connectivity index (χ4n) is 2.77. The molecular formula is C24H18BBr3N2O6. The van der Waals surface area contributed by atoms with Crippen LogP contribution in [-0.4, -0.2) is 27.0 Å². The zero-order chi connectivity index (χ0) is 26.7. The zero-order valence-electron chi connectivity index (χ0n) is 18.4. The molecule has 0 fully saturated rings. The van der Waals surface area contributed by atoms with Crippen molar-refractivity contribution in [1.82, 2.24) is 0 Å². The van der Waals surface area contributed by atoms with Crippen LogP contribution in [0, 0.1) is 20.2 Å². The molecule has 12 heteroatoms. The second-order valence-corrected chi connectivity index (χ2v) is 9.61. The second-order valence-electron chi connectivity index (χ2n) is 6.92. The third-order valence-electron chi connectivity index (χ3n) is 4.44. The molecule has 0 unspecified atom stereocenters. The highest BCUT2D eigenvalue weighted by molar-refractivity contribution is 9.11. The molecule has 4 rings (SSSR count). The van der Waals surface area contributed by atoms with Gasteiger partial charge < -0.3 is 10.0 Å². The quantitative estimate of drug-likeness (QED) is 0.144. The SMILES string of the molecule is O=[N+]([O-])c1cc(Br)ccc1-c1ccccc1.O=[N+]([O-])c1cc(Br)ccc1Br.OB(O)c1ccccc1. The summed E-state index contributed by atoms with van der Waals surface area (Å²) in [6, 6.07) is 27.9. The maximum atomic E-state index is 10.9. The van der Waals surface area contributed by atoms with E-state index in [9.17, 15) is 20.2 Å². The first kappa shape index (κ1) is 29.3. The smallest absolute Gasteiger partial charge is 0.423 e. The fourth-order valence-corrected chi connectivity index (χ4v) is 3.86. The van der Waals surface area contributed by atoms with Gasteiger partial charge in [-0.3, -0.25) is 20.2 Å². The molecule has 36 heavy (non-hydrogen) atoms. The van der Waals surface area contributed by atoms with Gasteiger partial charge in [0.15, 0.2) is 0 Å². The van der Waals surface area contributed by atoms with E-state index in [1.807, 2.05) is 36.4 Å². The summed E-state index contributed by atoms with van der Waals surface area (Å²) in [6.45, 7) is 0. The van der Waals surface area contributed by atoms with Crippen molar-refractivity contribution in [3.8, 4) is 11.1 Å². The third-order valence-corrected chi connectivity index (χ3v) is 6.10. The number of hydrogen-bond acceptors (Lipinski definition) is 6. The number of nitro groups is 2. The predicted molar refractivity (Wildman–Crippen MR) is 151 cm³/mol. The third kappa shape index (κ3) is 9.28. The van der Waals surface area contributed by atoms with Crippen molar-refractivity contribution < 1.29 is 19.9 Å². The van der Waals surface area contributed by atoms with Gasteiger partial charge in [-0.2, -0.15) is 0 Å². The molecule has 0 amide bonds. The van der Waals surface area contributed by atoms with Crippen LogP contribution in [0.15, 0.2) is 110 Å². The highest BCUT2D eigenvalue weighted by atomic mass is 79.9. The van der Waals surface area contributed by atoms with E-state index in [1.165, 1.54) is 12.1 Å². The van der Waals surface area contributed by atoms with Gasteiger partial charge in [-0.1, -0.05) is 92.5 Å². The van der Waals surface area contributed by atoms with Crippen molar-refractivity contribution in [3.05, 3.63) is 131 Å². The Bertz CT molecular complexity index is 1310. The Labute approximate surface area is 232 Å². The minimum Gasteiger partial charge on any atom is -0.423 e. The van der Waals surface area contributed by atoms with E-state index < -0.39 is 12.0 Å². The number of halogens is 3. The first-order valence-corrected chi connectivity index (χ1v) is 12.5. The van der Waals surface area contributed by atoms with Gasteiger partial charge >= 0.3 is 7.12 Å². The molecule has 0 aliphatic rings. The van der Waals surface area contributed by atoms with Crippen LogP contribution in [0.3, 0.4) is 0 Å². The maximum Gasteiger partial charge on any atom is 0.488 e. The summed E-state index contributed by atoms with van der Waals surface area (Å²) >= 11 is 9.44. The lowest BCUT2D eigenvalue weighted by Crippen LogP contribution is -2.29. The van der Waals surface area contributed by atoms with Gasteiger partial charge in [0.1, 0.15) is 0 Å². The molecule has 184 valence electrons. The van der Waals surface area contributed by atoms with Crippen molar-refractivity contribution in [3.63, 3.8) is 0 Å². The molecule has 0 spiro atoms. The van der Waals surface area contributed by atoms with Gasteiger partial charge in [0, 0.05) is 21.1 Å². The van der Waals surface area contributed by atoms with E-state index in [2.05, 4.69) is 47.8 Å². The maximum absolute atomic E-state index is 10.9. The van der Waals surface area contributed by atoms with Crippen LogP contribution in [0.2, 0.25) is 0 Å². The van der Waals surface area contributed by atoms with Crippen LogP contribution in [0.4, 0.5) is 11.4 Å². The standard InChI is InChI=1S/C12H8BrNO2.C6H7BO2.C6H3Br2NO2/c13-10-6-7-11(12(8-10)14(15)16)9-4-2-1-3-5-9;8-7(9)6-4-2-1-3-5-6;7-4-1-2-5(8)6(3-4)9(10)11/h1-8H;1-5,8-9H;1-3H. The summed E-state index contributed by atoms with van der Waals surface area (Å²) in [7, 11) is -1.34. The highest BCUT2D eigenvalue weighted by Gasteiger charge is 2.15. The van der Waals surface area contributed by atoms with E-state index >= 15 is 0 Å². The lowest BCUT2D eigenvalue weighted by atomic mass is 9.81. The van der Waals surface area contributed by atoms with Crippen LogP contribution in [0.25, 0.3) is 11.1 Å². The highest BCUT2D eigenvalue weighted by Crippen LogP contribution is 2.32. The molecule has 0 aliphatic heterocycles. The van der Waals surface area contributed by atoms with Crippen molar-refractivity contribution in [2.45, 2.75) is 0 Å². The predicted octanol–water partition coefficient (Wildman–Crippen LogP) is 6.51. The zero-order valence-corrected chi connectivity index (χ0v) is 23.1. The second kappa shape index (κ2) is 14.6. The van der Waals surface area contributed by atoms with Gasteiger partial charge in [-0.05, 0) is 51.2 Å². The molecular weight excluding hydrogens is 663 g/mol. The molecule has 4 aromatic carbocycles. The lowest BCUT2D eigenvalue weighted by molar-refractivity contribution is -0.385. The monoisotopic (exact) mass is 678 g/mol. The molecule has 0 radical (unpaired) electrons. The average molecular weight is 681 g/mol. The van der Waals surface area contributed by atoms with E-state index in [4.69, 9.17) is 10.0 Å². The van der Waals surface area contributed by atoms with Gasteiger partial charge in [0.25, 0.3) is 11.4 Å². The number of rotatable bonds is 4. The molecule has 4 aromatic rings. The summed E-state index contributed by atoms with van der Waals surface area (Å²) in [5.41, 5.74) is 2.19. The summed E-state index contributed by atoms with van der Waals surface area (Å²) in [6.07, 6.45) is 0. The van der Waals surface area contributed by atoms with Crippen LogP contribution < -0.4 is 5.46 Å². The summed E-state index contributed by atoms with van der Waals surface area (Å²) in [5.74, 6) is 0. The molecule has 0 atom stereocenters. The number of nitro benzene ring substituents is 2. The van der Waals surface area contributed by atoms with Crippen molar-refractivity contribution in [1.29, 1.82) is 0 Å².